The molecule has 1 amide bonds. The highest BCUT2D eigenvalue weighted by molar-refractivity contribution is 9.09. The molecule has 0 heterocycles. The molecule has 0 N–H and O–H groups in total. The molecule has 0 atom stereocenters. The molecule has 0 saturated carbocycles. The van der Waals surface area contributed by atoms with Crippen LogP contribution >= 0.6 is 27.7 Å². The highest BCUT2D eigenvalue weighted by atomic mass is 79.9. The van der Waals surface area contributed by atoms with Crippen LogP contribution in [0.15, 0.2) is 29.2 Å². The van der Waals surface area contributed by atoms with Gasteiger partial charge in [-0.2, -0.15) is 0 Å². The molecule has 0 aromatic heterocycles. The molecule has 18 heavy (non-hydrogen) atoms. The van der Waals surface area contributed by atoms with Crippen molar-refractivity contribution in [3.8, 4) is 0 Å². The van der Waals surface area contributed by atoms with Crippen LogP contribution in [0.4, 0.5) is 0 Å². The largest absolute Gasteiger partial charge is 0.336 e. The molecule has 0 bridgehead atoms. The van der Waals surface area contributed by atoms with E-state index in [-0.39, 0.29) is 11.9 Å². The van der Waals surface area contributed by atoms with Gasteiger partial charge in [0, 0.05) is 28.4 Å². The van der Waals surface area contributed by atoms with Crippen LogP contribution in [-0.2, 0) is 0 Å². The Morgan fingerprint density at radius 3 is 2.39 bits per heavy atom. The van der Waals surface area contributed by atoms with E-state index in [9.17, 15) is 4.79 Å². The van der Waals surface area contributed by atoms with Crippen LogP contribution in [-0.4, -0.2) is 35.0 Å². The molecule has 0 aliphatic rings. The zero-order valence-corrected chi connectivity index (χ0v) is 13.6. The molecule has 0 spiro atoms. The number of thioether (sulfide) groups is 1. The first-order valence-electron chi connectivity index (χ1n) is 6.11. The molecule has 0 aliphatic heterocycles. The molecular weight excluding hydrogens is 310 g/mol. The Bertz CT molecular complexity index is 378. The lowest BCUT2D eigenvalue weighted by Gasteiger charge is -2.26. The van der Waals surface area contributed by atoms with Crippen molar-refractivity contribution in [2.75, 3.05) is 18.1 Å². The topological polar surface area (TPSA) is 20.3 Å². The average molecular weight is 330 g/mol. The zero-order chi connectivity index (χ0) is 13.5. The summed E-state index contributed by atoms with van der Waals surface area (Å²) in [6.45, 7) is 4.91. The van der Waals surface area contributed by atoms with Gasteiger partial charge in [0.2, 0.25) is 0 Å². The fourth-order valence-electron chi connectivity index (χ4n) is 1.72. The van der Waals surface area contributed by atoms with Crippen molar-refractivity contribution in [2.45, 2.75) is 31.2 Å². The van der Waals surface area contributed by atoms with E-state index < -0.39 is 0 Å². The number of nitrogens with zero attached hydrogens (tertiary/aromatic N) is 1. The number of amides is 1. The van der Waals surface area contributed by atoms with Crippen LogP contribution < -0.4 is 0 Å². The highest BCUT2D eigenvalue weighted by Crippen LogP contribution is 2.17. The first-order chi connectivity index (χ1) is 8.60. The average Bonchev–Trinajstić information content (AvgIpc) is 2.38. The number of alkyl halides is 1. The van der Waals surface area contributed by atoms with E-state index in [4.69, 9.17) is 0 Å². The van der Waals surface area contributed by atoms with Gasteiger partial charge in [0.05, 0.1) is 0 Å². The van der Waals surface area contributed by atoms with Crippen molar-refractivity contribution in [1.29, 1.82) is 0 Å². The quantitative estimate of drug-likeness (QED) is 0.579. The number of rotatable bonds is 6. The molecule has 0 fully saturated rings. The van der Waals surface area contributed by atoms with Crippen LogP contribution in [0.25, 0.3) is 0 Å². The van der Waals surface area contributed by atoms with Crippen LogP contribution in [0.2, 0.25) is 0 Å². The first kappa shape index (κ1) is 15.6. The fourth-order valence-corrected chi connectivity index (χ4v) is 2.38. The van der Waals surface area contributed by atoms with E-state index in [2.05, 4.69) is 29.8 Å². The maximum absolute atomic E-state index is 12.4. The van der Waals surface area contributed by atoms with Gasteiger partial charge in [0.15, 0.2) is 0 Å². The Balaban J connectivity index is 2.80. The number of halogens is 1. The number of benzene rings is 1. The lowest BCUT2D eigenvalue weighted by atomic mass is 10.1. The number of carbonyl (C=O) groups excluding carboxylic acids is 1. The molecule has 100 valence electrons. The van der Waals surface area contributed by atoms with E-state index in [0.717, 1.165) is 23.9 Å². The third kappa shape index (κ3) is 4.32. The molecular formula is C14H20BrNOS. The SMILES string of the molecule is CSc1ccc(C(=O)N(CCCBr)C(C)C)cc1. The number of hydrogen-bond donors (Lipinski definition) is 0. The summed E-state index contributed by atoms with van der Waals surface area (Å²) < 4.78 is 0. The van der Waals surface area contributed by atoms with Crippen LogP contribution in [0, 0.1) is 0 Å². The minimum absolute atomic E-state index is 0.124. The van der Waals surface area contributed by atoms with Crippen molar-refractivity contribution in [3.63, 3.8) is 0 Å². The van der Waals surface area contributed by atoms with Crippen molar-refractivity contribution in [2.24, 2.45) is 0 Å². The van der Waals surface area contributed by atoms with Gasteiger partial charge in [-0.25, -0.2) is 0 Å². The van der Waals surface area contributed by atoms with Crippen molar-refractivity contribution in [3.05, 3.63) is 29.8 Å². The van der Waals surface area contributed by atoms with Crippen LogP contribution in [0.5, 0.6) is 0 Å². The second kappa shape index (κ2) is 7.85. The van der Waals surface area contributed by atoms with Gasteiger partial charge in [0.1, 0.15) is 0 Å². The molecule has 1 aromatic rings. The molecule has 2 nitrogen and oxygen atoms in total. The Kier molecular flexibility index (Phi) is 6.79. The van der Waals surface area contributed by atoms with Crippen molar-refractivity contribution < 1.29 is 4.79 Å². The summed E-state index contributed by atoms with van der Waals surface area (Å²) in [6.07, 6.45) is 3.01. The summed E-state index contributed by atoms with van der Waals surface area (Å²) in [7, 11) is 0. The maximum Gasteiger partial charge on any atom is 0.254 e. The highest BCUT2D eigenvalue weighted by Gasteiger charge is 2.17. The smallest absolute Gasteiger partial charge is 0.254 e. The van der Waals surface area contributed by atoms with E-state index in [1.54, 1.807) is 11.8 Å². The minimum Gasteiger partial charge on any atom is -0.336 e. The molecule has 4 heteroatoms. The molecule has 1 rings (SSSR count). The van der Waals surface area contributed by atoms with Gasteiger partial charge in [0.25, 0.3) is 5.91 Å². The number of hydrogen-bond acceptors (Lipinski definition) is 2. The van der Waals surface area contributed by atoms with Gasteiger partial charge in [-0.05, 0) is 50.8 Å². The molecule has 0 saturated heterocycles. The molecule has 0 unspecified atom stereocenters. The predicted molar refractivity (Wildman–Crippen MR) is 82.8 cm³/mol. The lowest BCUT2D eigenvalue weighted by molar-refractivity contribution is 0.0706. The second-order valence-electron chi connectivity index (χ2n) is 4.36. The third-order valence-electron chi connectivity index (χ3n) is 2.75. The van der Waals surface area contributed by atoms with Crippen LogP contribution in [0.3, 0.4) is 0 Å². The van der Waals surface area contributed by atoms with E-state index >= 15 is 0 Å². The standard InChI is InChI=1S/C14H20BrNOS/c1-11(2)16(10-4-9-15)14(17)12-5-7-13(18-3)8-6-12/h5-8,11H,4,9-10H2,1-3H3. The van der Waals surface area contributed by atoms with E-state index in [0.29, 0.717) is 0 Å². The second-order valence-corrected chi connectivity index (χ2v) is 6.04. The molecule has 0 radical (unpaired) electrons. The summed E-state index contributed by atoms with van der Waals surface area (Å²) in [5.74, 6) is 0.124. The maximum atomic E-state index is 12.4. The summed E-state index contributed by atoms with van der Waals surface area (Å²) in [6, 6.07) is 8.06. The van der Waals surface area contributed by atoms with E-state index in [1.807, 2.05) is 35.4 Å². The monoisotopic (exact) mass is 329 g/mol. The normalized spacial score (nSPS) is 10.7. The molecule has 1 aromatic carbocycles. The van der Waals surface area contributed by atoms with Gasteiger partial charge >= 0.3 is 0 Å². The Morgan fingerprint density at radius 1 is 1.33 bits per heavy atom. The number of carbonyl (C=O) groups is 1. The summed E-state index contributed by atoms with van der Waals surface area (Å²) in [5.41, 5.74) is 0.774. The Morgan fingerprint density at radius 2 is 1.94 bits per heavy atom. The Hall–Kier alpha value is -0.480. The zero-order valence-electron chi connectivity index (χ0n) is 11.1. The first-order valence-corrected chi connectivity index (χ1v) is 8.45. The minimum atomic E-state index is 0.124. The van der Waals surface area contributed by atoms with Crippen LogP contribution in [0.1, 0.15) is 30.6 Å². The van der Waals surface area contributed by atoms with E-state index in [1.165, 1.54) is 4.90 Å². The Labute approximate surface area is 122 Å². The van der Waals surface area contributed by atoms with Gasteiger partial charge in [-0.15, -0.1) is 11.8 Å². The van der Waals surface area contributed by atoms with Crippen molar-refractivity contribution in [1.82, 2.24) is 4.90 Å². The van der Waals surface area contributed by atoms with Crippen molar-refractivity contribution >= 4 is 33.6 Å². The molecule has 0 aliphatic carbocycles. The third-order valence-corrected chi connectivity index (χ3v) is 4.06. The summed E-state index contributed by atoms with van der Waals surface area (Å²) >= 11 is 5.10. The van der Waals surface area contributed by atoms with Gasteiger partial charge in [-0.3, -0.25) is 4.79 Å². The fraction of sp³-hybridized carbons (Fsp3) is 0.500. The van der Waals surface area contributed by atoms with Gasteiger partial charge < -0.3 is 4.90 Å². The van der Waals surface area contributed by atoms with Gasteiger partial charge in [-0.1, -0.05) is 15.9 Å². The summed E-state index contributed by atoms with van der Waals surface area (Å²) in [5, 5.41) is 0.926. The lowest BCUT2D eigenvalue weighted by Crippen LogP contribution is -2.37. The predicted octanol–water partition coefficient (Wildman–Crippen LogP) is 4.04. The summed E-state index contributed by atoms with van der Waals surface area (Å²) in [4.78, 5) is 15.5.